The van der Waals surface area contributed by atoms with Crippen LogP contribution in [0.1, 0.15) is 24.0 Å². The summed E-state index contributed by atoms with van der Waals surface area (Å²) >= 11 is 0. The Kier molecular flexibility index (Phi) is 8.76. The SMILES string of the molecule is C=CC(=O)NC1(C(=O)N2CCN(Cc3cc4c(N5CCOCC5)nc(-c5cnc(NC(=O)OC)cc5C(F)(F)F)nn4c3)CC2)CC1. The van der Waals surface area contributed by atoms with Crippen molar-refractivity contribution >= 4 is 35.1 Å². The summed E-state index contributed by atoms with van der Waals surface area (Å²) in [4.78, 5) is 51.1. The third-order valence-electron chi connectivity index (χ3n) is 8.45. The molecule has 250 valence electrons. The molecule has 47 heavy (non-hydrogen) atoms. The molecule has 1 aliphatic carbocycles. The third kappa shape index (κ3) is 6.85. The van der Waals surface area contributed by atoms with Crippen molar-refractivity contribution in [3.63, 3.8) is 0 Å². The number of alkyl halides is 3. The fourth-order valence-corrected chi connectivity index (χ4v) is 5.81. The van der Waals surface area contributed by atoms with Crippen molar-refractivity contribution in [3.05, 3.63) is 48.3 Å². The molecule has 2 N–H and O–H groups in total. The number of pyridine rings is 1. The number of fused-ring (bicyclic) bond motifs is 1. The summed E-state index contributed by atoms with van der Waals surface area (Å²) in [6, 6.07) is 2.64. The van der Waals surface area contributed by atoms with Gasteiger partial charge in [0.15, 0.2) is 11.6 Å². The van der Waals surface area contributed by atoms with Gasteiger partial charge < -0.3 is 24.6 Å². The zero-order valence-corrected chi connectivity index (χ0v) is 25.7. The molecule has 17 heteroatoms. The Morgan fingerprint density at radius 2 is 1.83 bits per heavy atom. The monoisotopic (exact) mass is 657 g/mol. The van der Waals surface area contributed by atoms with Crippen LogP contribution in [0.3, 0.4) is 0 Å². The van der Waals surface area contributed by atoms with Crippen molar-refractivity contribution < 1.29 is 37.0 Å². The van der Waals surface area contributed by atoms with E-state index >= 15 is 0 Å². The number of nitrogens with zero attached hydrogens (tertiary/aromatic N) is 7. The number of rotatable bonds is 8. The van der Waals surface area contributed by atoms with Crippen molar-refractivity contribution in [1.82, 2.24) is 34.7 Å². The van der Waals surface area contributed by atoms with E-state index in [0.29, 0.717) is 83.2 Å². The molecule has 6 rings (SSSR count). The fourth-order valence-electron chi connectivity index (χ4n) is 5.81. The van der Waals surface area contributed by atoms with Crippen LogP contribution in [0.15, 0.2) is 37.2 Å². The molecule has 14 nitrogen and oxygen atoms in total. The summed E-state index contributed by atoms with van der Waals surface area (Å²) < 4.78 is 54.3. The van der Waals surface area contributed by atoms with Crippen LogP contribution in [0.4, 0.5) is 29.6 Å². The Balaban J connectivity index is 1.26. The summed E-state index contributed by atoms with van der Waals surface area (Å²) in [5, 5.41) is 9.41. The molecule has 3 amide bonds. The highest BCUT2D eigenvalue weighted by molar-refractivity contribution is 5.97. The number of ether oxygens (including phenoxy) is 2. The maximum absolute atomic E-state index is 14.3. The van der Waals surface area contributed by atoms with E-state index in [-0.39, 0.29) is 29.0 Å². The summed E-state index contributed by atoms with van der Waals surface area (Å²) in [6.45, 7) is 8.02. The van der Waals surface area contributed by atoms with Crippen molar-refractivity contribution in [2.45, 2.75) is 31.1 Å². The molecule has 2 saturated heterocycles. The van der Waals surface area contributed by atoms with E-state index in [4.69, 9.17) is 4.74 Å². The highest BCUT2D eigenvalue weighted by atomic mass is 19.4. The van der Waals surface area contributed by atoms with Gasteiger partial charge in [-0.05, 0) is 36.6 Å². The van der Waals surface area contributed by atoms with Crippen molar-refractivity contribution in [3.8, 4) is 11.4 Å². The van der Waals surface area contributed by atoms with Gasteiger partial charge in [0.25, 0.3) is 0 Å². The normalized spacial score (nSPS) is 18.1. The first-order valence-corrected chi connectivity index (χ1v) is 15.1. The summed E-state index contributed by atoms with van der Waals surface area (Å²) in [7, 11) is 1.09. The second-order valence-electron chi connectivity index (χ2n) is 11.6. The Morgan fingerprint density at radius 3 is 2.47 bits per heavy atom. The molecule has 1 saturated carbocycles. The molecule has 3 aromatic heterocycles. The number of anilines is 2. The number of halogens is 3. The summed E-state index contributed by atoms with van der Waals surface area (Å²) in [6.07, 6.45) is -0.638. The predicted octanol–water partition coefficient (Wildman–Crippen LogP) is 2.30. The van der Waals surface area contributed by atoms with E-state index in [1.54, 1.807) is 11.1 Å². The van der Waals surface area contributed by atoms with Gasteiger partial charge in [0.05, 0.1) is 31.5 Å². The van der Waals surface area contributed by atoms with E-state index < -0.39 is 23.4 Å². The largest absolute Gasteiger partial charge is 0.453 e. The molecular weight excluding hydrogens is 623 g/mol. The van der Waals surface area contributed by atoms with Gasteiger partial charge in [-0.1, -0.05) is 6.58 Å². The molecule has 3 aliphatic rings. The summed E-state index contributed by atoms with van der Waals surface area (Å²) in [5.74, 6) is -0.504. The number of morpholine rings is 1. The zero-order chi connectivity index (χ0) is 33.3. The Labute approximate surface area is 267 Å². The molecular formula is C30H34F3N9O5. The average Bonchev–Trinajstić information content (AvgIpc) is 3.74. The number of aromatic nitrogens is 4. The molecule has 0 atom stereocenters. The van der Waals surface area contributed by atoms with Crippen LogP contribution in [0.5, 0.6) is 0 Å². The Hall–Kier alpha value is -4.77. The van der Waals surface area contributed by atoms with Gasteiger partial charge in [-0.25, -0.2) is 19.3 Å². The maximum atomic E-state index is 14.3. The quantitative estimate of drug-likeness (QED) is 0.346. The molecule has 0 bridgehead atoms. The highest BCUT2D eigenvalue weighted by Crippen LogP contribution is 2.39. The first kappa shape index (κ1) is 32.2. The zero-order valence-electron chi connectivity index (χ0n) is 25.7. The second kappa shape index (κ2) is 12.8. The molecule has 0 unspecified atom stereocenters. The standard InChI is InChI=1S/C30H34F3N9O5/c1-3-24(43)37-29(4-5-29)27(44)41-8-6-39(7-9-41)17-19-14-22-26(40-10-12-47-13-11-40)36-25(38-42(22)18-19)20-16-34-23(35-28(45)46-2)15-21(20)30(31,32)33/h3,14-16,18H,1,4-13,17H2,2H3,(H,37,43)(H,34,35,45). The molecule has 0 aromatic carbocycles. The van der Waals surface area contributed by atoms with Crippen LogP contribution in [0, 0.1) is 0 Å². The molecule has 3 aromatic rings. The van der Waals surface area contributed by atoms with E-state index in [2.05, 4.69) is 41.9 Å². The maximum Gasteiger partial charge on any atom is 0.417 e. The minimum absolute atomic E-state index is 0.0817. The van der Waals surface area contributed by atoms with Crippen molar-refractivity contribution in [1.29, 1.82) is 0 Å². The number of carbonyl (C=O) groups excluding carboxylic acids is 3. The fraction of sp³-hybridized carbons (Fsp3) is 0.467. The number of hydrogen-bond donors (Lipinski definition) is 2. The van der Waals surface area contributed by atoms with E-state index in [1.165, 1.54) is 4.52 Å². The second-order valence-corrected chi connectivity index (χ2v) is 11.6. The lowest BCUT2D eigenvalue weighted by molar-refractivity contribution is -0.138. The van der Waals surface area contributed by atoms with Gasteiger partial charge in [0, 0.05) is 58.2 Å². The van der Waals surface area contributed by atoms with Crippen LogP contribution >= 0.6 is 0 Å². The van der Waals surface area contributed by atoms with Crippen LogP contribution in [-0.4, -0.2) is 112 Å². The molecule has 3 fully saturated rings. The lowest BCUT2D eigenvalue weighted by atomic mass is 10.1. The van der Waals surface area contributed by atoms with Crippen LogP contribution in [-0.2, 0) is 31.8 Å². The Morgan fingerprint density at radius 1 is 1.11 bits per heavy atom. The lowest BCUT2D eigenvalue weighted by Crippen LogP contribution is -2.55. The predicted molar refractivity (Wildman–Crippen MR) is 162 cm³/mol. The van der Waals surface area contributed by atoms with Crippen LogP contribution < -0.4 is 15.5 Å². The molecule has 2 aliphatic heterocycles. The van der Waals surface area contributed by atoms with Gasteiger partial charge in [-0.15, -0.1) is 5.10 Å². The smallest absolute Gasteiger partial charge is 0.417 e. The first-order chi connectivity index (χ1) is 22.5. The topological polar surface area (TPSA) is 147 Å². The van der Waals surface area contributed by atoms with Crippen LogP contribution in [0.25, 0.3) is 16.9 Å². The van der Waals surface area contributed by atoms with Crippen molar-refractivity contribution in [2.75, 3.05) is 69.8 Å². The minimum Gasteiger partial charge on any atom is -0.453 e. The van der Waals surface area contributed by atoms with Gasteiger partial charge in [-0.3, -0.25) is 19.8 Å². The first-order valence-electron chi connectivity index (χ1n) is 15.1. The van der Waals surface area contributed by atoms with E-state index in [1.807, 2.05) is 11.0 Å². The number of piperazine rings is 1. The van der Waals surface area contributed by atoms with E-state index in [9.17, 15) is 27.6 Å². The number of amides is 3. The highest BCUT2D eigenvalue weighted by Gasteiger charge is 2.53. The molecule has 0 radical (unpaired) electrons. The Bertz CT molecular complexity index is 1690. The number of carbonyl (C=O) groups is 3. The molecule has 5 heterocycles. The van der Waals surface area contributed by atoms with Gasteiger partial charge in [-0.2, -0.15) is 13.2 Å². The molecule has 0 spiro atoms. The lowest BCUT2D eigenvalue weighted by Gasteiger charge is -2.36. The van der Waals surface area contributed by atoms with Crippen LogP contribution in [0.2, 0.25) is 0 Å². The number of methoxy groups -OCH3 is 1. The number of hydrogen-bond acceptors (Lipinski definition) is 10. The summed E-state index contributed by atoms with van der Waals surface area (Å²) in [5.41, 5.74) is -0.756. The van der Waals surface area contributed by atoms with Gasteiger partial charge in [0.2, 0.25) is 11.8 Å². The van der Waals surface area contributed by atoms with Crippen molar-refractivity contribution in [2.24, 2.45) is 0 Å². The van der Waals surface area contributed by atoms with Gasteiger partial charge in [0.1, 0.15) is 16.9 Å². The minimum atomic E-state index is -4.80. The van der Waals surface area contributed by atoms with E-state index in [0.717, 1.165) is 31.0 Å². The third-order valence-corrected chi connectivity index (χ3v) is 8.45. The van der Waals surface area contributed by atoms with Gasteiger partial charge >= 0.3 is 12.3 Å². The number of nitrogens with one attached hydrogen (secondary N) is 2. The average molecular weight is 658 g/mol.